The van der Waals surface area contributed by atoms with E-state index in [0.29, 0.717) is 39.7 Å². The maximum absolute atomic E-state index is 13.7. The van der Waals surface area contributed by atoms with Gasteiger partial charge in [-0.05, 0) is 71.6 Å². The Morgan fingerprint density at radius 3 is 2.63 bits per heavy atom. The highest BCUT2D eigenvalue weighted by molar-refractivity contribution is 9.10. The van der Waals surface area contributed by atoms with E-state index in [1.807, 2.05) is 4.90 Å². The summed E-state index contributed by atoms with van der Waals surface area (Å²) in [5.41, 5.74) is 0.727. The lowest BCUT2D eigenvalue weighted by atomic mass is 9.95. The molecule has 10 heteroatoms. The molecule has 0 saturated carbocycles. The summed E-state index contributed by atoms with van der Waals surface area (Å²) in [6.07, 6.45) is 2.95. The molecular weight excluding hydrogens is 534 g/mol. The number of anilines is 1. The summed E-state index contributed by atoms with van der Waals surface area (Å²) in [6.45, 7) is 6.60. The van der Waals surface area contributed by atoms with Crippen molar-refractivity contribution in [1.82, 2.24) is 10.2 Å². The van der Waals surface area contributed by atoms with Gasteiger partial charge in [0, 0.05) is 35.4 Å². The van der Waals surface area contributed by atoms with Crippen molar-refractivity contribution in [2.24, 2.45) is 5.92 Å². The molecule has 2 aromatic carbocycles. The van der Waals surface area contributed by atoms with Crippen molar-refractivity contribution in [2.75, 3.05) is 38.6 Å². The van der Waals surface area contributed by atoms with Crippen molar-refractivity contribution in [2.45, 2.75) is 44.0 Å². The third kappa shape index (κ3) is 6.48. The number of hydrogen-bond acceptors (Lipinski definition) is 6. The standard InChI is InChI=1S/C25H34BrN3O5S/c1-5-7-17(2)22-16-27-12-6-13-29(22)25(30)20-14-18(8-10-21(20)26)28-35(31,32)19-9-11-23(33-3)24(15-19)34-4/h8-11,14-15,17,22,27-28H,5-7,12-13,16H2,1-4H3. The smallest absolute Gasteiger partial charge is 0.262 e. The van der Waals surface area contributed by atoms with Gasteiger partial charge in [0.15, 0.2) is 11.5 Å². The van der Waals surface area contributed by atoms with Gasteiger partial charge in [-0.15, -0.1) is 0 Å². The van der Waals surface area contributed by atoms with Gasteiger partial charge in [-0.3, -0.25) is 9.52 Å². The lowest BCUT2D eigenvalue weighted by Gasteiger charge is -2.34. The lowest BCUT2D eigenvalue weighted by molar-refractivity contribution is 0.0630. The van der Waals surface area contributed by atoms with E-state index in [-0.39, 0.29) is 16.8 Å². The minimum Gasteiger partial charge on any atom is -0.493 e. The second-order valence-electron chi connectivity index (χ2n) is 8.71. The van der Waals surface area contributed by atoms with Crippen molar-refractivity contribution in [3.05, 3.63) is 46.4 Å². The lowest BCUT2D eigenvalue weighted by Crippen LogP contribution is -2.47. The second-order valence-corrected chi connectivity index (χ2v) is 11.2. The minimum atomic E-state index is -3.92. The molecule has 35 heavy (non-hydrogen) atoms. The first-order chi connectivity index (χ1) is 16.7. The fourth-order valence-electron chi connectivity index (χ4n) is 4.41. The fourth-order valence-corrected chi connectivity index (χ4v) is 5.89. The fraction of sp³-hybridized carbons (Fsp3) is 0.480. The topological polar surface area (TPSA) is 97.0 Å². The predicted octanol–water partition coefficient (Wildman–Crippen LogP) is 4.51. The summed E-state index contributed by atoms with van der Waals surface area (Å²) in [5.74, 6) is 0.978. The summed E-state index contributed by atoms with van der Waals surface area (Å²) in [7, 11) is -0.994. The van der Waals surface area contributed by atoms with Crippen molar-refractivity contribution < 1.29 is 22.7 Å². The highest BCUT2D eigenvalue weighted by Crippen LogP contribution is 2.31. The van der Waals surface area contributed by atoms with Gasteiger partial charge in [0.1, 0.15) is 0 Å². The molecule has 2 atom stereocenters. The first kappa shape index (κ1) is 27.3. The van der Waals surface area contributed by atoms with Crippen LogP contribution in [0, 0.1) is 5.92 Å². The molecule has 1 aliphatic rings. The first-order valence-corrected chi connectivity index (χ1v) is 14.1. The maximum Gasteiger partial charge on any atom is 0.262 e. The highest BCUT2D eigenvalue weighted by Gasteiger charge is 2.31. The molecule has 1 saturated heterocycles. The molecule has 1 fully saturated rings. The van der Waals surface area contributed by atoms with Crippen LogP contribution < -0.4 is 19.5 Å². The molecule has 1 heterocycles. The Kier molecular flexibility index (Phi) is 9.43. The zero-order valence-corrected chi connectivity index (χ0v) is 23.0. The van der Waals surface area contributed by atoms with Gasteiger partial charge in [-0.1, -0.05) is 20.3 Å². The third-order valence-corrected chi connectivity index (χ3v) is 8.35. The van der Waals surface area contributed by atoms with Crippen LogP contribution in [0.15, 0.2) is 45.8 Å². The van der Waals surface area contributed by atoms with Crippen molar-refractivity contribution in [1.29, 1.82) is 0 Å². The van der Waals surface area contributed by atoms with Crippen LogP contribution in [0.2, 0.25) is 0 Å². The Hall–Kier alpha value is -2.30. The van der Waals surface area contributed by atoms with Gasteiger partial charge >= 0.3 is 0 Å². The van der Waals surface area contributed by atoms with Crippen LogP contribution in [0.25, 0.3) is 0 Å². The van der Waals surface area contributed by atoms with Gasteiger partial charge in [0.25, 0.3) is 15.9 Å². The number of sulfonamides is 1. The van der Waals surface area contributed by atoms with Gasteiger partial charge < -0.3 is 19.7 Å². The number of nitrogens with zero attached hydrogens (tertiary/aromatic N) is 1. The average molecular weight is 569 g/mol. The van der Waals surface area contributed by atoms with E-state index in [4.69, 9.17) is 9.47 Å². The number of carbonyl (C=O) groups is 1. The van der Waals surface area contributed by atoms with Gasteiger partial charge in [0.2, 0.25) is 0 Å². The maximum atomic E-state index is 13.7. The molecule has 1 aliphatic heterocycles. The number of nitrogens with one attached hydrogen (secondary N) is 2. The second kappa shape index (κ2) is 12.1. The molecule has 2 unspecified atom stereocenters. The van der Waals surface area contributed by atoms with E-state index in [1.54, 1.807) is 18.2 Å². The number of hydrogen-bond donors (Lipinski definition) is 2. The minimum absolute atomic E-state index is 0.0259. The molecule has 0 spiro atoms. The van der Waals surface area contributed by atoms with Crippen LogP contribution in [-0.4, -0.2) is 59.1 Å². The van der Waals surface area contributed by atoms with E-state index < -0.39 is 10.0 Å². The molecule has 2 aromatic rings. The Morgan fingerprint density at radius 2 is 1.94 bits per heavy atom. The number of ether oxygens (including phenoxy) is 2. The summed E-state index contributed by atoms with van der Waals surface area (Å²) < 4.78 is 39.8. The monoisotopic (exact) mass is 567 g/mol. The number of amides is 1. The molecule has 192 valence electrons. The highest BCUT2D eigenvalue weighted by atomic mass is 79.9. The molecule has 0 aliphatic carbocycles. The van der Waals surface area contributed by atoms with Crippen LogP contribution in [0.5, 0.6) is 11.5 Å². The van der Waals surface area contributed by atoms with E-state index in [0.717, 1.165) is 32.4 Å². The van der Waals surface area contributed by atoms with E-state index in [9.17, 15) is 13.2 Å². The molecule has 0 radical (unpaired) electrons. The SMILES string of the molecule is CCCC(C)C1CNCCCN1C(=O)c1cc(NS(=O)(=O)c2ccc(OC)c(OC)c2)ccc1Br. The van der Waals surface area contributed by atoms with E-state index in [1.165, 1.54) is 32.4 Å². The Morgan fingerprint density at radius 1 is 1.20 bits per heavy atom. The van der Waals surface area contributed by atoms with Crippen molar-refractivity contribution in [3.63, 3.8) is 0 Å². The number of carbonyl (C=O) groups excluding carboxylic acids is 1. The molecule has 1 amide bonds. The molecule has 0 aromatic heterocycles. The first-order valence-electron chi connectivity index (χ1n) is 11.8. The molecule has 0 bridgehead atoms. The van der Waals surface area contributed by atoms with Crippen LogP contribution in [0.4, 0.5) is 5.69 Å². The Bertz CT molecular complexity index is 1140. The van der Waals surface area contributed by atoms with Crippen LogP contribution in [-0.2, 0) is 10.0 Å². The van der Waals surface area contributed by atoms with E-state index in [2.05, 4.69) is 39.8 Å². The molecule has 3 rings (SSSR count). The normalized spacial score (nSPS) is 17.4. The predicted molar refractivity (Wildman–Crippen MR) is 141 cm³/mol. The van der Waals surface area contributed by atoms with Gasteiger partial charge in [-0.25, -0.2) is 8.42 Å². The largest absolute Gasteiger partial charge is 0.493 e. The number of halogens is 1. The zero-order valence-electron chi connectivity index (χ0n) is 20.6. The quantitative estimate of drug-likeness (QED) is 0.462. The summed E-state index contributed by atoms with van der Waals surface area (Å²) in [6, 6.07) is 9.36. The molecule has 2 N–H and O–H groups in total. The summed E-state index contributed by atoms with van der Waals surface area (Å²) >= 11 is 3.49. The van der Waals surface area contributed by atoms with Crippen LogP contribution >= 0.6 is 15.9 Å². The average Bonchev–Trinajstić information content (AvgIpc) is 3.10. The zero-order chi connectivity index (χ0) is 25.6. The number of rotatable bonds is 9. The van der Waals surface area contributed by atoms with Gasteiger partial charge in [-0.2, -0.15) is 0 Å². The third-order valence-electron chi connectivity index (χ3n) is 6.28. The van der Waals surface area contributed by atoms with Crippen LogP contribution in [0.1, 0.15) is 43.5 Å². The van der Waals surface area contributed by atoms with Crippen molar-refractivity contribution >= 4 is 37.5 Å². The summed E-state index contributed by atoms with van der Waals surface area (Å²) in [5, 5.41) is 3.45. The number of benzene rings is 2. The summed E-state index contributed by atoms with van der Waals surface area (Å²) in [4.78, 5) is 15.7. The Labute approximate surface area is 216 Å². The van der Waals surface area contributed by atoms with E-state index >= 15 is 0 Å². The van der Waals surface area contributed by atoms with Gasteiger partial charge in [0.05, 0.1) is 24.7 Å². The van der Waals surface area contributed by atoms with Crippen LogP contribution in [0.3, 0.4) is 0 Å². The van der Waals surface area contributed by atoms with Crippen molar-refractivity contribution in [3.8, 4) is 11.5 Å². The number of methoxy groups -OCH3 is 2. The molecule has 8 nitrogen and oxygen atoms in total. The Balaban J connectivity index is 1.89. The molecular formula is C25H34BrN3O5S.